The average molecular weight is 228 g/mol. The van der Waals surface area contributed by atoms with Crippen LogP contribution in [0.15, 0.2) is 12.1 Å². The fraction of sp³-hybridized carbons (Fsp3) is 0.364. The predicted octanol–water partition coefficient (Wildman–Crippen LogP) is 2.09. The normalized spacial score (nSPS) is 16.9. The second-order valence-corrected chi connectivity index (χ2v) is 3.86. The molecular formula is C11H10F2O3. The summed E-state index contributed by atoms with van der Waals surface area (Å²) in [4.78, 5) is 11.1. The quantitative estimate of drug-likeness (QED) is 0.861. The fourth-order valence-electron chi connectivity index (χ4n) is 1.85. The zero-order chi connectivity index (χ0) is 11.9. The van der Waals surface area contributed by atoms with Gasteiger partial charge in [-0.15, -0.1) is 0 Å². The summed E-state index contributed by atoms with van der Waals surface area (Å²) in [6.07, 6.45) is 0.753. The summed E-state index contributed by atoms with van der Waals surface area (Å²) in [5.74, 6) is -2.91. The largest absolute Gasteiger partial charge is 0.493 e. The van der Waals surface area contributed by atoms with Crippen molar-refractivity contribution in [1.29, 1.82) is 0 Å². The zero-order valence-corrected chi connectivity index (χ0v) is 8.59. The highest BCUT2D eigenvalue weighted by molar-refractivity contribution is 5.86. The summed E-state index contributed by atoms with van der Waals surface area (Å²) in [6, 6.07) is 1.71. The third-order valence-electron chi connectivity index (χ3n) is 2.89. The minimum atomic E-state index is -1.17. The highest BCUT2D eigenvalue weighted by Crippen LogP contribution is 2.52. The van der Waals surface area contributed by atoms with Gasteiger partial charge >= 0.3 is 5.97 Å². The first-order valence-corrected chi connectivity index (χ1v) is 4.78. The van der Waals surface area contributed by atoms with Gasteiger partial charge in [-0.1, -0.05) is 0 Å². The fourth-order valence-corrected chi connectivity index (χ4v) is 1.85. The van der Waals surface area contributed by atoms with Gasteiger partial charge in [-0.2, -0.15) is 0 Å². The number of benzene rings is 1. The Balaban J connectivity index is 2.60. The molecule has 0 amide bonds. The van der Waals surface area contributed by atoms with Crippen molar-refractivity contribution < 1.29 is 23.4 Å². The molecule has 0 bridgehead atoms. The number of hydrogen-bond donors (Lipinski definition) is 1. The van der Waals surface area contributed by atoms with Crippen molar-refractivity contribution in [2.75, 3.05) is 7.11 Å². The molecule has 3 nitrogen and oxygen atoms in total. The smallest absolute Gasteiger partial charge is 0.314 e. The third-order valence-corrected chi connectivity index (χ3v) is 2.89. The van der Waals surface area contributed by atoms with E-state index in [0.29, 0.717) is 18.9 Å². The standard InChI is InChI=1S/C11H10F2O3/c1-16-9-7(4-6(12)5-8(9)13)11(2-3-11)10(14)15/h4-5H,2-3H2,1H3,(H,14,15). The maximum atomic E-state index is 13.4. The van der Waals surface area contributed by atoms with Crippen molar-refractivity contribution >= 4 is 5.97 Å². The topological polar surface area (TPSA) is 46.5 Å². The molecule has 1 N–H and O–H groups in total. The minimum Gasteiger partial charge on any atom is -0.493 e. The van der Waals surface area contributed by atoms with Crippen molar-refractivity contribution in [2.45, 2.75) is 18.3 Å². The Morgan fingerprint density at radius 1 is 1.44 bits per heavy atom. The van der Waals surface area contributed by atoms with Crippen LogP contribution in [0.4, 0.5) is 8.78 Å². The summed E-state index contributed by atoms with van der Waals surface area (Å²) in [5, 5.41) is 9.06. The van der Waals surface area contributed by atoms with E-state index in [0.717, 1.165) is 6.07 Å². The molecule has 1 aliphatic carbocycles. The molecule has 0 atom stereocenters. The van der Waals surface area contributed by atoms with Crippen LogP contribution in [0.3, 0.4) is 0 Å². The molecule has 0 radical (unpaired) electrons. The van der Waals surface area contributed by atoms with Crippen LogP contribution < -0.4 is 4.74 Å². The van der Waals surface area contributed by atoms with Gasteiger partial charge in [-0.3, -0.25) is 4.79 Å². The number of carbonyl (C=O) groups is 1. The molecule has 0 spiro atoms. The lowest BCUT2D eigenvalue weighted by Gasteiger charge is -2.15. The van der Waals surface area contributed by atoms with Gasteiger partial charge in [-0.05, 0) is 18.9 Å². The Labute approximate surface area is 90.7 Å². The van der Waals surface area contributed by atoms with E-state index in [9.17, 15) is 13.6 Å². The van der Waals surface area contributed by atoms with E-state index in [1.807, 2.05) is 0 Å². The number of hydrogen-bond acceptors (Lipinski definition) is 2. The van der Waals surface area contributed by atoms with Crippen molar-refractivity contribution in [3.63, 3.8) is 0 Å². The molecule has 0 heterocycles. The Morgan fingerprint density at radius 2 is 2.06 bits per heavy atom. The predicted molar refractivity (Wildman–Crippen MR) is 51.5 cm³/mol. The lowest BCUT2D eigenvalue weighted by Crippen LogP contribution is -2.21. The summed E-state index contributed by atoms with van der Waals surface area (Å²) in [7, 11) is 1.23. The van der Waals surface area contributed by atoms with Crippen LogP contribution in [0.1, 0.15) is 18.4 Å². The highest BCUT2D eigenvalue weighted by atomic mass is 19.1. The molecule has 2 rings (SSSR count). The van der Waals surface area contributed by atoms with Crippen LogP contribution in [0.25, 0.3) is 0 Å². The molecule has 16 heavy (non-hydrogen) atoms. The van der Waals surface area contributed by atoms with Crippen LogP contribution in [0.5, 0.6) is 5.75 Å². The van der Waals surface area contributed by atoms with Gasteiger partial charge in [0.2, 0.25) is 0 Å². The summed E-state index contributed by atoms with van der Waals surface area (Å²) in [5.41, 5.74) is -1.09. The molecule has 0 aromatic heterocycles. The van der Waals surface area contributed by atoms with Gasteiger partial charge in [0, 0.05) is 11.6 Å². The summed E-state index contributed by atoms with van der Waals surface area (Å²) < 4.78 is 31.3. The first-order valence-electron chi connectivity index (χ1n) is 4.78. The molecule has 0 saturated heterocycles. The second-order valence-electron chi connectivity index (χ2n) is 3.86. The Hall–Kier alpha value is -1.65. The molecule has 1 aliphatic rings. The number of methoxy groups -OCH3 is 1. The van der Waals surface area contributed by atoms with Gasteiger partial charge in [0.05, 0.1) is 12.5 Å². The van der Waals surface area contributed by atoms with E-state index >= 15 is 0 Å². The lowest BCUT2D eigenvalue weighted by molar-refractivity contribution is -0.140. The van der Waals surface area contributed by atoms with Crippen molar-refractivity contribution in [1.82, 2.24) is 0 Å². The van der Waals surface area contributed by atoms with E-state index in [1.54, 1.807) is 0 Å². The maximum Gasteiger partial charge on any atom is 0.314 e. The van der Waals surface area contributed by atoms with Crippen LogP contribution in [0.2, 0.25) is 0 Å². The van der Waals surface area contributed by atoms with E-state index in [4.69, 9.17) is 9.84 Å². The van der Waals surface area contributed by atoms with Crippen molar-refractivity contribution in [2.24, 2.45) is 0 Å². The Bertz CT molecular complexity index is 453. The SMILES string of the molecule is COc1c(F)cc(F)cc1C1(C(=O)O)CC1. The highest BCUT2D eigenvalue weighted by Gasteiger charge is 2.54. The van der Waals surface area contributed by atoms with Gasteiger partial charge in [0.25, 0.3) is 0 Å². The lowest BCUT2D eigenvalue weighted by atomic mass is 9.95. The van der Waals surface area contributed by atoms with Crippen LogP contribution in [-0.4, -0.2) is 18.2 Å². The van der Waals surface area contributed by atoms with Crippen LogP contribution in [0, 0.1) is 11.6 Å². The number of carboxylic acids is 1. The van der Waals surface area contributed by atoms with E-state index < -0.39 is 23.0 Å². The zero-order valence-electron chi connectivity index (χ0n) is 8.59. The van der Waals surface area contributed by atoms with Gasteiger partial charge < -0.3 is 9.84 Å². The Kier molecular flexibility index (Phi) is 2.33. The average Bonchev–Trinajstić information content (AvgIpc) is 2.97. The number of rotatable bonds is 3. The maximum absolute atomic E-state index is 13.4. The van der Waals surface area contributed by atoms with Gasteiger partial charge in [0.15, 0.2) is 11.6 Å². The Morgan fingerprint density at radius 3 is 2.50 bits per heavy atom. The molecule has 1 aromatic carbocycles. The van der Waals surface area contributed by atoms with Crippen LogP contribution >= 0.6 is 0 Å². The van der Waals surface area contributed by atoms with E-state index in [-0.39, 0.29) is 11.3 Å². The number of ether oxygens (including phenoxy) is 1. The number of aliphatic carboxylic acids is 1. The molecular weight excluding hydrogens is 218 g/mol. The second kappa shape index (κ2) is 3.43. The summed E-state index contributed by atoms with van der Waals surface area (Å²) in [6.45, 7) is 0. The first kappa shape index (κ1) is 10.9. The molecule has 1 fully saturated rings. The minimum absolute atomic E-state index is 0.0833. The molecule has 86 valence electrons. The van der Waals surface area contributed by atoms with Crippen molar-refractivity contribution in [3.8, 4) is 5.75 Å². The first-order chi connectivity index (χ1) is 7.51. The molecule has 0 aliphatic heterocycles. The van der Waals surface area contributed by atoms with Gasteiger partial charge in [0.1, 0.15) is 5.82 Å². The summed E-state index contributed by atoms with van der Waals surface area (Å²) >= 11 is 0. The molecule has 0 unspecified atom stereocenters. The number of carboxylic acid groups (broad SMARTS) is 1. The molecule has 1 aromatic rings. The monoisotopic (exact) mass is 228 g/mol. The number of halogens is 2. The molecule has 5 heteroatoms. The van der Waals surface area contributed by atoms with E-state index in [2.05, 4.69) is 0 Å². The molecule has 1 saturated carbocycles. The van der Waals surface area contributed by atoms with E-state index in [1.165, 1.54) is 7.11 Å². The van der Waals surface area contributed by atoms with Gasteiger partial charge in [-0.25, -0.2) is 8.78 Å². The van der Waals surface area contributed by atoms with Crippen molar-refractivity contribution in [3.05, 3.63) is 29.3 Å². The third kappa shape index (κ3) is 1.43. The van der Waals surface area contributed by atoms with Crippen LogP contribution in [-0.2, 0) is 10.2 Å².